The summed E-state index contributed by atoms with van der Waals surface area (Å²) in [4.78, 5) is 13.9. The molecule has 0 bridgehead atoms. The Kier molecular flexibility index (Phi) is 4.27. The van der Waals surface area contributed by atoms with Gasteiger partial charge in [-0.05, 0) is 32.8 Å². The SMILES string of the molecule is CCOC(=O)c1ccoc1CN1CCC(C)(O)CC1. The fourth-order valence-electron chi connectivity index (χ4n) is 2.25. The normalized spacial score (nSPS) is 19.3. The predicted octanol–water partition coefficient (Wildman–Crippen LogP) is 1.80. The first-order valence-corrected chi connectivity index (χ1v) is 6.70. The van der Waals surface area contributed by atoms with Gasteiger partial charge < -0.3 is 14.3 Å². The molecule has 0 aliphatic carbocycles. The van der Waals surface area contributed by atoms with Crippen molar-refractivity contribution in [2.24, 2.45) is 0 Å². The third-order valence-electron chi connectivity index (χ3n) is 3.54. The summed E-state index contributed by atoms with van der Waals surface area (Å²) in [6.45, 7) is 6.19. The van der Waals surface area contributed by atoms with Crippen LogP contribution < -0.4 is 0 Å². The van der Waals surface area contributed by atoms with E-state index in [9.17, 15) is 9.90 Å². The summed E-state index contributed by atoms with van der Waals surface area (Å²) in [6.07, 6.45) is 2.99. The lowest BCUT2D eigenvalue weighted by Gasteiger charge is -2.35. The molecule has 1 aromatic rings. The van der Waals surface area contributed by atoms with Gasteiger partial charge in [0.15, 0.2) is 0 Å². The molecule has 0 amide bonds. The lowest BCUT2D eigenvalue weighted by Crippen LogP contribution is -2.42. The molecule has 1 N–H and O–H groups in total. The van der Waals surface area contributed by atoms with Crippen molar-refractivity contribution in [3.63, 3.8) is 0 Å². The van der Waals surface area contributed by atoms with E-state index in [1.807, 2.05) is 6.92 Å². The van der Waals surface area contributed by atoms with E-state index in [0.29, 0.717) is 24.5 Å². The summed E-state index contributed by atoms with van der Waals surface area (Å²) in [5.41, 5.74) is -0.0666. The molecular weight excluding hydrogens is 246 g/mol. The summed E-state index contributed by atoms with van der Waals surface area (Å²) >= 11 is 0. The molecule has 2 heterocycles. The van der Waals surface area contributed by atoms with E-state index in [1.54, 1.807) is 13.0 Å². The number of esters is 1. The van der Waals surface area contributed by atoms with E-state index in [0.717, 1.165) is 25.9 Å². The molecule has 1 aromatic heterocycles. The van der Waals surface area contributed by atoms with E-state index < -0.39 is 5.60 Å². The standard InChI is InChI=1S/C14H21NO4/c1-3-18-13(16)11-4-9-19-12(11)10-15-7-5-14(2,17)6-8-15/h4,9,17H,3,5-8,10H2,1-2H3. The molecule has 2 rings (SSSR count). The van der Waals surface area contributed by atoms with Gasteiger partial charge in [0.05, 0.1) is 25.0 Å². The van der Waals surface area contributed by atoms with Crippen molar-refractivity contribution in [3.05, 3.63) is 23.7 Å². The number of ether oxygens (including phenoxy) is 1. The first-order chi connectivity index (χ1) is 9.02. The molecular formula is C14H21NO4. The Hall–Kier alpha value is -1.33. The van der Waals surface area contributed by atoms with E-state index in [4.69, 9.17) is 9.15 Å². The molecule has 1 saturated heterocycles. The lowest BCUT2D eigenvalue weighted by atomic mass is 9.94. The molecule has 0 unspecified atom stereocenters. The number of carbonyl (C=O) groups excluding carboxylic acids is 1. The zero-order chi connectivity index (χ0) is 13.9. The number of rotatable bonds is 4. The molecule has 0 radical (unpaired) electrons. The quantitative estimate of drug-likeness (QED) is 0.843. The Morgan fingerprint density at radius 1 is 1.53 bits per heavy atom. The average Bonchev–Trinajstić information content (AvgIpc) is 2.80. The molecule has 1 aliphatic heterocycles. The van der Waals surface area contributed by atoms with Crippen molar-refractivity contribution in [2.75, 3.05) is 19.7 Å². The van der Waals surface area contributed by atoms with Crippen LogP contribution in [0, 0.1) is 0 Å². The minimum atomic E-state index is -0.566. The smallest absolute Gasteiger partial charge is 0.341 e. The fraction of sp³-hybridized carbons (Fsp3) is 0.643. The number of carbonyl (C=O) groups is 1. The number of hydrogen-bond donors (Lipinski definition) is 1. The van der Waals surface area contributed by atoms with Crippen LogP contribution in [0.1, 0.15) is 42.8 Å². The number of nitrogens with zero attached hydrogens (tertiary/aromatic N) is 1. The summed E-state index contributed by atoms with van der Waals surface area (Å²) in [5.74, 6) is 0.301. The van der Waals surface area contributed by atoms with E-state index in [-0.39, 0.29) is 5.97 Å². The van der Waals surface area contributed by atoms with Crippen molar-refractivity contribution in [3.8, 4) is 0 Å². The number of aliphatic hydroxyl groups is 1. The Bertz CT molecular complexity index is 428. The van der Waals surface area contributed by atoms with Gasteiger partial charge >= 0.3 is 5.97 Å². The Labute approximate surface area is 113 Å². The average molecular weight is 267 g/mol. The van der Waals surface area contributed by atoms with Crippen molar-refractivity contribution >= 4 is 5.97 Å². The van der Waals surface area contributed by atoms with Gasteiger partial charge in [0.1, 0.15) is 11.3 Å². The zero-order valence-corrected chi connectivity index (χ0v) is 11.5. The number of piperidine rings is 1. The predicted molar refractivity (Wildman–Crippen MR) is 69.8 cm³/mol. The monoisotopic (exact) mass is 267 g/mol. The molecule has 1 fully saturated rings. The maximum atomic E-state index is 11.7. The molecule has 106 valence electrons. The van der Waals surface area contributed by atoms with Crippen molar-refractivity contribution < 1.29 is 19.1 Å². The van der Waals surface area contributed by atoms with Crippen LogP contribution in [0.15, 0.2) is 16.7 Å². The largest absolute Gasteiger partial charge is 0.467 e. The van der Waals surface area contributed by atoms with Crippen LogP contribution in [-0.4, -0.2) is 41.3 Å². The van der Waals surface area contributed by atoms with Gasteiger partial charge in [0.2, 0.25) is 0 Å². The highest BCUT2D eigenvalue weighted by molar-refractivity contribution is 5.90. The maximum absolute atomic E-state index is 11.7. The minimum Gasteiger partial charge on any atom is -0.467 e. The fourth-order valence-corrected chi connectivity index (χ4v) is 2.25. The van der Waals surface area contributed by atoms with Gasteiger partial charge in [-0.15, -0.1) is 0 Å². The molecule has 5 nitrogen and oxygen atoms in total. The molecule has 5 heteroatoms. The van der Waals surface area contributed by atoms with E-state index >= 15 is 0 Å². The minimum absolute atomic E-state index is 0.338. The summed E-state index contributed by atoms with van der Waals surface area (Å²) in [5, 5.41) is 9.91. The van der Waals surface area contributed by atoms with Crippen LogP contribution in [-0.2, 0) is 11.3 Å². The number of likely N-dealkylation sites (tertiary alicyclic amines) is 1. The van der Waals surface area contributed by atoms with Crippen LogP contribution >= 0.6 is 0 Å². The van der Waals surface area contributed by atoms with Gasteiger partial charge in [-0.2, -0.15) is 0 Å². The molecule has 0 spiro atoms. The highest BCUT2D eigenvalue weighted by atomic mass is 16.5. The van der Waals surface area contributed by atoms with Gasteiger partial charge in [0, 0.05) is 13.1 Å². The Morgan fingerprint density at radius 2 is 2.21 bits per heavy atom. The molecule has 0 aromatic carbocycles. The molecule has 1 aliphatic rings. The molecule has 19 heavy (non-hydrogen) atoms. The van der Waals surface area contributed by atoms with Crippen LogP contribution in [0.5, 0.6) is 0 Å². The van der Waals surface area contributed by atoms with Gasteiger partial charge in [-0.25, -0.2) is 4.79 Å². The molecule has 0 saturated carbocycles. The second kappa shape index (κ2) is 5.75. The van der Waals surface area contributed by atoms with Gasteiger partial charge in [-0.1, -0.05) is 0 Å². The second-order valence-electron chi connectivity index (χ2n) is 5.25. The van der Waals surface area contributed by atoms with E-state index in [2.05, 4.69) is 4.90 Å². The highest BCUT2D eigenvalue weighted by Gasteiger charge is 2.28. The van der Waals surface area contributed by atoms with E-state index in [1.165, 1.54) is 6.26 Å². The summed E-state index contributed by atoms with van der Waals surface area (Å²) in [6, 6.07) is 1.65. The van der Waals surface area contributed by atoms with Crippen LogP contribution in [0.4, 0.5) is 0 Å². The van der Waals surface area contributed by atoms with Gasteiger partial charge in [-0.3, -0.25) is 4.90 Å². The van der Waals surface area contributed by atoms with Crippen LogP contribution in [0.25, 0.3) is 0 Å². The van der Waals surface area contributed by atoms with Gasteiger partial charge in [0.25, 0.3) is 0 Å². The molecule has 0 atom stereocenters. The number of hydrogen-bond acceptors (Lipinski definition) is 5. The second-order valence-corrected chi connectivity index (χ2v) is 5.25. The first kappa shape index (κ1) is 14.1. The highest BCUT2D eigenvalue weighted by Crippen LogP contribution is 2.23. The Morgan fingerprint density at radius 3 is 2.84 bits per heavy atom. The summed E-state index contributed by atoms with van der Waals surface area (Å²) < 4.78 is 10.4. The topological polar surface area (TPSA) is 62.9 Å². The van der Waals surface area contributed by atoms with Crippen molar-refractivity contribution in [2.45, 2.75) is 38.8 Å². The van der Waals surface area contributed by atoms with Crippen LogP contribution in [0.2, 0.25) is 0 Å². The van der Waals surface area contributed by atoms with Crippen LogP contribution in [0.3, 0.4) is 0 Å². The zero-order valence-electron chi connectivity index (χ0n) is 11.5. The Balaban J connectivity index is 1.97. The maximum Gasteiger partial charge on any atom is 0.341 e. The first-order valence-electron chi connectivity index (χ1n) is 6.70. The van der Waals surface area contributed by atoms with Crippen molar-refractivity contribution in [1.82, 2.24) is 4.90 Å². The van der Waals surface area contributed by atoms with Crippen molar-refractivity contribution in [1.29, 1.82) is 0 Å². The lowest BCUT2D eigenvalue weighted by molar-refractivity contribution is -0.00890. The number of furan rings is 1. The third-order valence-corrected chi connectivity index (χ3v) is 3.54. The summed E-state index contributed by atoms with van der Waals surface area (Å²) in [7, 11) is 0. The third kappa shape index (κ3) is 3.58.